The van der Waals surface area contributed by atoms with Crippen molar-refractivity contribution in [3.8, 4) is 28.3 Å². The lowest BCUT2D eigenvalue weighted by molar-refractivity contribution is -0.0865. The number of hydroxylamine groups is 2. The molecule has 2 atom stereocenters. The molecule has 1 aliphatic carbocycles. The molecule has 1 heterocycles. The van der Waals surface area contributed by atoms with E-state index in [4.69, 9.17) is 20.0 Å². The fraction of sp³-hybridized carbons (Fsp3) is 0.304. The zero-order valence-corrected chi connectivity index (χ0v) is 19.7. The Hall–Kier alpha value is -3.48. The number of methoxy groups -OCH3 is 1. The second-order valence-corrected chi connectivity index (χ2v) is 9.85. The zero-order valence-electron chi connectivity index (χ0n) is 18.8. The van der Waals surface area contributed by atoms with Crippen molar-refractivity contribution >= 4 is 16.1 Å². The molecule has 35 heavy (non-hydrogen) atoms. The molecule has 0 bridgehead atoms. The Morgan fingerprint density at radius 3 is 2.66 bits per heavy atom. The van der Waals surface area contributed by atoms with Crippen LogP contribution in [0.25, 0.3) is 22.6 Å². The number of carbonyl (C=O) groups is 1. The molecular weight excluding hydrogens is 479 g/mol. The number of primary sulfonamides is 1. The van der Waals surface area contributed by atoms with E-state index in [1.807, 2.05) is 0 Å². The van der Waals surface area contributed by atoms with Crippen LogP contribution in [0.3, 0.4) is 0 Å². The van der Waals surface area contributed by atoms with Crippen molar-refractivity contribution in [1.29, 1.82) is 0 Å². The summed E-state index contributed by atoms with van der Waals surface area (Å²) in [6.07, 6.45) is 2.19. The number of primary amides is 1. The number of nitrogens with zero attached hydrogens (tertiary/aromatic N) is 2. The topological polar surface area (TPSA) is 162 Å². The van der Waals surface area contributed by atoms with Crippen molar-refractivity contribution in [3.05, 3.63) is 54.2 Å². The van der Waals surface area contributed by atoms with E-state index in [9.17, 15) is 22.8 Å². The lowest BCUT2D eigenvalue weighted by atomic mass is 9.85. The fourth-order valence-corrected chi connectivity index (χ4v) is 5.13. The molecule has 0 aliphatic heterocycles. The van der Waals surface area contributed by atoms with Gasteiger partial charge in [0, 0.05) is 17.0 Å². The first-order valence-corrected chi connectivity index (χ1v) is 12.4. The molecule has 2 unspecified atom stereocenters. The van der Waals surface area contributed by atoms with E-state index in [0.717, 1.165) is 0 Å². The average molecular weight is 505 g/mol. The van der Waals surface area contributed by atoms with Crippen molar-refractivity contribution in [2.24, 2.45) is 10.9 Å². The third-order valence-electron chi connectivity index (χ3n) is 6.07. The number of halogens is 1. The normalized spacial score (nSPS) is 18.3. The van der Waals surface area contributed by atoms with Crippen LogP contribution < -0.4 is 15.6 Å². The number of hydrogen-bond acceptors (Lipinski definition) is 7. The largest absolute Gasteiger partial charge is 0.494 e. The van der Waals surface area contributed by atoms with Gasteiger partial charge in [-0.05, 0) is 49.6 Å². The molecule has 0 spiro atoms. The van der Waals surface area contributed by atoms with E-state index in [-0.39, 0.29) is 39.5 Å². The van der Waals surface area contributed by atoms with Gasteiger partial charge in [-0.15, -0.1) is 0 Å². The van der Waals surface area contributed by atoms with Crippen molar-refractivity contribution < 1.29 is 32.0 Å². The third-order valence-corrected chi connectivity index (χ3v) is 7.04. The number of rotatable bonds is 6. The summed E-state index contributed by atoms with van der Waals surface area (Å²) in [6, 6.07) is 8.77. The van der Waals surface area contributed by atoms with Crippen LogP contribution in [0.1, 0.15) is 37.5 Å². The SMILES string of the molecule is COc1ccc(-c2nc(C3CCCC(N(O)C(N)=O)C3)oc2-c2ccccc2S(N)(=O)=O)cc1F. The highest BCUT2D eigenvalue weighted by atomic mass is 32.2. The second-order valence-electron chi connectivity index (χ2n) is 8.32. The van der Waals surface area contributed by atoms with E-state index < -0.39 is 27.9 Å². The van der Waals surface area contributed by atoms with Crippen LogP contribution in [-0.2, 0) is 10.0 Å². The van der Waals surface area contributed by atoms with Crippen LogP contribution >= 0.6 is 0 Å². The maximum atomic E-state index is 14.5. The number of benzene rings is 2. The standard InChI is InChI=1S/C23H25FN4O6S/c1-33-18-10-9-13(12-17(18)24)20-21(16-7-2-3-8-19(16)35(26,31)32)34-22(27-20)14-5-4-6-15(11-14)28(30)23(25)29/h2-3,7-10,12,14-15,30H,4-6,11H2,1H3,(H2,25,29)(H2,26,31,32). The first kappa shape index (κ1) is 24.6. The van der Waals surface area contributed by atoms with Crippen LogP contribution in [-0.4, -0.2) is 42.9 Å². The molecule has 0 saturated heterocycles. The molecule has 12 heteroatoms. The lowest BCUT2D eigenvalue weighted by Gasteiger charge is -2.31. The average Bonchev–Trinajstić information content (AvgIpc) is 3.28. The molecule has 186 valence electrons. The molecule has 1 fully saturated rings. The van der Waals surface area contributed by atoms with Gasteiger partial charge in [-0.3, -0.25) is 5.21 Å². The monoisotopic (exact) mass is 504 g/mol. The Bertz CT molecular complexity index is 1360. The van der Waals surface area contributed by atoms with Crippen LogP contribution in [0.5, 0.6) is 5.75 Å². The molecule has 1 aromatic heterocycles. The van der Waals surface area contributed by atoms with Gasteiger partial charge in [-0.2, -0.15) is 0 Å². The number of aromatic nitrogens is 1. The summed E-state index contributed by atoms with van der Waals surface area (Å²) in [6.45, 7) is 0. The molecular formula is C23H25FN4O6S. The number of urea groups is 1. The van der Waals surface area contributed by atoms with Crippen molar-refractivity contribution in [3.63, 3.8) is 0 Å². The van der Waals surface area contributed by atoms with Crippen LogP contribution in [0.15, 0.2) is 51.8 Å². The van der Waals surface area contributed by atoms with E-state index in [1.165, 1.54) is 37.4 Å². The Balaban J connectivity index is 1.85. The summed E-state index contributed by atoms with van der Waals surface area (Å²) < 4.78 is 50.2. The zero-order chi connectivity index (χ0) is 25.3. The first-order valence-electron chi connectivity index (χ1n) is 10.8. The van der Waals surface area contributed by atoms with Crippen molar-refractivity contribution in [2.75, 3.05) is 7.11 Å². The van der Waals surface area contributed by atoms with E-state index in [1.54, 1.807) is 12.1 Å². The Kier molecular flexibility index (Phi) is 6.79. The summed E-state index contributed by atoms with van der Waals surface area (Å²) in [4.78, 5) is 15.9. The number of amides is 2. The van der Waals surface area contributed by atoms with E-state index in [2.05, 4.69) is 4.98 Å². The molecule has 0 radical (unpaired) electrons. The Morgan fingerprint density at radius 1 is 1.26 bits per heavy atom. The minimum atomic E-state index is -4.12. The van der Waals surface area contributed by atoms with Gasteiger partial charge in [-0.25, -0.2) is 32.8 Å². The molecule has 2 amide bonds. The summed E-state index contributed by atoms with van der Waals surface area (Å²) in [5.41, 5.74) is 5.94. The highest BCUT2D eigenvalue weighted by molar-refractivity contribution is 7.89. The fourth-order valence-electron chi connectivity index (χ4n) is 4.40. The van der Waals surface area contributed by atoms with Crippen molar-refractivity contribution in [1.82, 2.24) is 10.0 Å². The van der Waals surface area contributed by atoms with Gasteiger partial charge >= 0.3 is 6.03 Å². The van der Waals surface area contributed by atoms with Crippen LogP contribution in [0.2, 0.25) is 0 Å². The Labute approximate surface area is 201 Å². The maximum absolute atomic E-state index is 14.5. The maximum Gasteiger partial charge on any atom is 0.338 e. The minimum Gasteiger partial charge on any atom is -0.494 e. The van der Waals surface area contributed by atoms with Gasteiger partial charge in [0.1, 0.15) is 5.69 Å². The molecule has 1 saturated carbocycles. The number of carbonyl (C=O) groups excluding carboxylic acids is 1. The summed E-state index contributed by atoms with van der Waals surface area (Å²) in [5.74, 6) is -0.533. The number of nitrogens with two attached hydrogens (primary N) is 2. The minimum absolute atomic E-state index is 0.0357. The van der Waals surface area contributed by atoms with E-state index >= 15 is 0 Å². The van der Waals surface area contributed by atoms with Gasteiger partial charge in [0.2, 0.25) is 10.0 Å². The number of ether oxygens (including phenoxy) is 1. The van der Waals surface area contributed by atoms with Gasteiger partial charge in [0.05, 0.1) is 18.0 Å². The second kappa shape index (κ2) is 9.64. The van der Waals surface area contributed by atoms with Gasteiger partial charge < -0.3 is 14.9 Å². The molecule has 10 nitrogen and oxygen atoms in total. The molecule has 3 aromatic rings. The number of hydrogen-bond donors (Lipinski definition) is 3. The Morgan fingerprint density at radius 2 is 2.00 bits per heavy atom. The smallest absolute Gasteiger partial charge is 0.338 e. The highest BCUT2D eigenvalue weighted by Crippen LogP contribution is 2.41. The lowest BCUT2D eigenvalue weighted by Crippen LogP contribution is -2.43. The van der Waals surface area contributed by atoms with Crippen molar-refractivity contribution in [2.45, 2.75) is 42.5 Å². The van der Waals surface area contributed by atoms with Gasteiger partial charge in [0.15, 0.2) is 23.2 Å². The predicted molar refractivity (Wildman–Crippen MR) is 123 cm³/mol. The molecule has 1 aliphatic rings. The van der Waals surface area contributed by atoms with Crippen LogP contribution in [0.4, 0.5) is 9.18 Å². The summed E-state index contributed by atoms with van der Waals surface area (Å²) in [7, 11) is -2.77. The molecule has 4 rings (SSSR count). The first-order chi connectivity index (χ1) is 16.6. The van der Waals surface area contributed by atoms with E-state index in [0.29, 0.717) is 36.3 Å². The summed E-state index contributed by atoms with van der Waals surface area (Å²) >= 11 is 0. The third kappa shape index (κ3) is 4.99. The van der Waals surface area contributed by atoms with Gasteiger partial charge in [-0.1, -0.05) is 18.6 Å². The highest BCUT2D eigenvalue weighted by Gasteiger charge is 2.33. The molecule has 2 aromatic carbocycles. The number of sulfonamides is 1. The van der Waals surface area contributed by atoms with Gasteiger partial charge in [0.25, 0.3) is 0 Å². The van der Waals surface area contributed by atoms with Crippen LogP contribution in [0, 0.1) is 5.82 Å². The predicted octanol–water partition coefficient (Wildman–Crippen LogP) is 3.60. The quantitative estimate of drug-likeness (QED) is 0.341. The molecule has 5 N–H and O–H groups in total. The summed E-state index contributed by atoms with van der Waals surface area (Å²) in [5, 5.41) is 15.9. The number of oxazole rings is 1.